The highest BCUT2D eigenvalue weighted by atomic mass is 15.1. The van der Waals surface area contributed by atoms with Crippen LogP contribution in [0.2, 0.25) is 0 Å². The quantitative estimate of drug-likeness (QED) is 0.208. The first kappa shape index (κ1) is 27.5. The molecule has 216 valence electrons. The number of hydrogen-bond donors (Lipinski definition) is 0. The van der Waals surface area contributed by atoms with Gasteiger partial charge in [-0.05, 0) is 81.6 Å². The molecule has 0 bridgehead atoms. The maximum atomic E-state index is 2.49. The van der Waals surface area contributed by atoms with Gasteiger partial charge in [-0.15, -0.1) is 0 Å². The zero-order valence-corrected chi connectivity index (χ0v) is 26.8. The first-order valence-corrected chi connectivity index (χ1v) is 15.5. The number of nitrogens with zero attached hydrogens (tertiary/aromatic N) is 2. The van der Waals surface area contributed by atoms with Crippen molar-refractivity contribution in [3.63, 3.8) is 0 Å². The maximum Gasteiger partial charge on any atom is 0.0582 e. The summed E-state index contributed by atoms with van der Waals surface area (Å²) in [5.74, 6) is 0. The van der Waals surface area contributed by atoms with Gasteiger partial charge in [0.05, 0.1) is 16.7 Å². The van der Waals surface area contributed by atoms with Gasteiger partial charge in [-0.2, -0.15) is 0 Å². The number of fused-ring (bicyclic) bond motifs is 5. The molecule has 0 aliphatic carbocycles. The molecule has 7 rings (SSSR count). The second kappa shape index (κ2) is 9.35. The number of hydrogen-bond acceptors (Lipinski definition) is 1. The van der Waals surface area contributed by atoms with E-state index in [4.69, 9.17) is 0 Å². The van der Waals surface area contributed by atoms with Crippen LogP contribution in [-0.2, 0) is 16.2 Å². The van der Waals surface area contributed by atoms with Gasteiger partial charge >= 0.3 is 0 Å². The third-order valence-corrected chi connectivity index (χ3v) is 9.50. The number of anilines is 3. The molecule has 0 radical (unpaired) electrons. The molecular formula is C41H42N2. The predicted molar refractivity (Wildman–Crippen MR) is 185 cm³/mol. The minimum absolute atomic E-state index is 0.0705. The molecule has 1 aliphatic rings. The summed E-state index contributed by atoms with van der Waals surface area (Å²) in [4.78, 5) is 2.41. The van der Waals surface area contributed by atoms with E-state index in [1.54, 1.807) is 0 Å². The number of aromatic nitrogens is 1. The first-order valence-electron chi connectivity index (χ1n) is 15.5. The molecule has 0 N–H and O–H groups in total. The van der Waals surface area contributed by atoms with E-state index in [1.807, 2.05) is 0 Å². The van der Waals surface area contributed by atoms with Gasteiger partial charge in [-0.1, -0.05) is 116 Å². The van der Waals surface area contributed by atoms with Crippen molar-refractivity contribution in [3.8, 4) is 5.69 Å². The molecule has 0 amide bonds. The largest absolute Gasteiger partial charge is 0.310 e. The predicted octanol–water partition coefficient (Wildman–Crippen LogP) is 11.5. The van der Waals surface area contributed by atoms with Crippen molar-refractivity contribution >= 4 is 38.9 Å². The molecular weight excluding hydrogens is 520 g/mol. The summed E-state index contributed by atoms with van der Waals surface area (Å²) in [7, 11) is 0. The van der Waals surface area contributed by atoms with Crippen molar-refractivity contribution in [1.82, 2.24) is 4.57 Å². The van der Waals surface area contributed by atoms with Crippen LogP contribution < -0.4 is 4.90 Å². The smallest absolute Gasteiger partial charge is 0.0582 e. The van der Waals surface area contributed by atoms with E-state index in [0.717, 1.165) is 17.1 Å². The van der Waals surface area contributed by atoms with Crippen molar-refractivity contribution in [1.29, 1.82) is 0 Å². The van der Waals surface area contributed by atoms with Crippen molar-refractivity contribution < 1.29 is 0 Å². The fourth-order valence-electron chi connectivity index (χ4n) is 6.96. The Balaban J connectivity index is 1.46. The lowest BCUT2D eigenvalue weighted by atomic mass is 9.75. The van der Waals surface area contributed by atoms with Gasteiger partial charge in [0.1, 0.15) is 0 Å². The Morgan fingerprint density at radius 1 is 0.535 bits per heavy atom. The Bertz CT molecular complexity index is 1930. The van der Waals surface area contributed by atoms with Crippen LogP contribution in [0.5, 0.6) is 0 Å². The third kappa shape index (κ3) is 4.30. The van der Waals surface area contributed by atoms with Crippen molar-refractivity contribution in [3.05, 3.63) is 131 Å². The van der Waals surface area contributed by atoms with Gasteiger partial charge in [0.2, 0.25) is 0 Å². The number of benzene rings is 5. The van der Waals surface area contributed by atoms with E-state index in [-0.39, 0.29) is 16.2 Å². The molecule has 1 aromatic heterocycles. The van der Waals surface area contributed by atoms with E-state index in [1.165, 1.54) is 49.7 Å². The third-order valence-electron chi connectivity index (χ3n) is 9.50. The molecule has 2 heteroatoms. The molecule has 6 aromatic rings. The lowest BCUT2D eigenvalue weighted by Crippen LogP contribution is -2.26. The molecule has 43 heavy (non-hydrogen) atoms. The summed E-state index contributed by atoms with van der Waals surface area (Å²) in [5, 5.41) is 2.59. The van der Waals surface area contributed by atoms with E-state index in [2.05, 4.69) is 174 Å². The van der Waals surface area contributed by atoms with Gasteiger partial charge in [0, 0.05) is 33.2 Å². The normalized spacial score (nSPS) is 14.2. The molecule has 0 spiro atoms. The van der Waals surface area contributed by atoms with Gasteiger partial charge in [0.25, 0.3) is 0 Å². The van der Waals surface area contributed by atoms with Crippen LogP contribution in [0.1, 0.15) is 77.6 Å². The minimum atomic E-state index is -0.0705. The van der Waals surface area contributed by atoms with Gasteiger partial charge in [0.15, 0.2) is 0 Å². The highest BCUT2D eigenvalue weighted by molar-refractivity contribution is 6.12. The number of rotatable bonds is 3. The molecule has 2 nitrogen and oxygen atoms in total. The summed E-state index contributed by atoms with van der Waals surface area (Å²) in [6, 6.07) is 41.0. The monoisotopic (exact) mass is 562 g/mol. The molecule has 1 aliphatic heterocycles. The molecule has 2 heterocycles. The van der Waals surface area contributed by atoms with Crippen LogP contribution in [-0.4, -0.2) is 4.57 Å². The van der Waals surface area contributed by atoms with Crippen LogP contribution in [0.15, 0.2) is 109 Å². The van der Waals surface area contributed by atoms with Gasteiger partial charge < -0.3 is 9.47 Å². The van der Waals surface area contributed by atoms with Crippen LogP contribution in [0, 0.1) is 0 Å². The molecule has 5 aromatic carbocycles. The Labute approximate surface area is 256 Å². The average molecular weight is 563 g/mol. The topological polar surface area (TPSA) is 8.17 Å². The van der Waals surface area contributed by atoms with E-state index < -0.39 is 0 Å². The van der Waals surface area contributed by atoms with Crippen LogP contribution in [0.3, 0.4) is 0 Å². The van der Waals surface area contributed by atoms with Crippen molar-refractivity contribution in [2.24, 2.45) is 0 Å². The highest BCUT2D eigenvalue weighted by Gasteiger charge is 2.35. The summed E-state index contributed by atoms with van der Waals surface area (Å²) < 4.78 is 2.49. The fraction of sp³-hybridized carbons (Fsp3) is 0.268. The summed E-state index contributed by atoms with van der Waals surface area (Å²) in [5.41, 5.74) is 12.9. The Morgan fingerprint density at radius 3 is 1.65 bits per heavy atom. The SMILES string of the molecule is CC(C)(C)c1ccc(N(c2ccc(C(C)(C)C)cc2)c2ccc3c(c2)c2cccc4c2n3-c2ccccc2C4(C)C)cc1. The van der Waals surface area contributed by atoms with E-state index >= 15 is 0 Å². The van der Waals surface area contributed by atoms with Gasteiger partial charge in [-0.3, -0.25) is 0 Å². The average Bonchev–Trinajstić information content (AvgIpc) is 3.30. The standard InChI is InChI=1S/C41H42N2/c1-39(2,3)27-16-20-29(21-17-27)42(30-22-18-28(19-23-30)40(4,5)6)31-24-25-36-33(26-31)32-12-11-14-35-38(32)43(36)37-15-10-9-13-34(37)41(35,7)8/h9-26H,1-8H3. The summed E-state index contributed by atoms with van der Waals surface area (Å²) >= 11 is 0. The summed E-state index contributed by atoms with van der Waals surface area (Å²) in [6.07, 6.45) is 0. The Morgan fingerprint density at radius 2 is 1.07 bits per heavy atom. The zero-order chi connectivity index (χ0) is 30.3. The number of para-hydroxylation sites is 2. The summed E-state index contributed by atoms with van der Waals surface area (Å²) in [6.45, 7) is 18.4. The highest BCUT2D eigenvalue weighted by Crippen LogP contribution is 2.48. The van der Waals surface area contributed by atoms with Crippen LogP contribution in [0.25, 0.3) is 27.5 Å². The van der Waals surface area contributed by atoms with Crippen LogP contribution in [0.4, 0.5) is 17.1 Å². The Kier molecular flexibility index (Phi) is 5.98. The van der Waals surface area contributed by atoms with Gasteiger partial charge in [-0.25, -0.2) is 0 Å². The molecule has 0 unspecified atom stereocenters. The fourth-order valence-corrected chi connectivity index (χ4v) is 6.96. The van der Waals surface area contributed by atoms with Crippen LogP contribution >= 0.6 is 0 Å². The Hall–Kier alpha value is -4.30. The molecule has 0 fully saturated rings. The molecule has 0 saturated carbocycles. The molecule has 0 atom stereocenters. The second-order valence-electron chi connectivity index (χ2n) is 14.8. The molecule has 0 saturated heterocycles. The van der Waals surface area contributed by atoms with Crippen molar-refractivity contribution in [2.45, 2.75) is 71.6 Å². The minimum Gasteiger partial charge on any atom is -0.310 e. The van der Waals surface area contributed by atoms with Crippen molar-refractivity contribution in [2.75, 3.05) is 4.90 Å². The lowest BCUT2D eigenvalue weighted by Gasteiger charge is -2.34. The maximum absolute atomic E-state index is 2.49. The second-order valence-corrected chi connectivity index (χ2v) is 14.8. The first-order chi connectivity index (χ1) is 20.4. The lowest BCUT2D eigenvalue weighted by molar-refractivity contribution is 0.590. The van der Waals surface area contributed by atoms with E-state index in [0.29, 0.717) is 0 Å². The zero-order valence-electron chi connectivity index (χ0n) is 26.8. The van der Waals surface area contributed by atoms with E-state index in [9.17, 15) is 0 Å².